The minimum Gasteiger partial charge on any atom is -0.494 e. The van der Waals surface area contributed by atoms with Gasteiger partial charge in [-0.25, -0.2) is 0 Å². The van der Waals surface area contributed by atoms with E-state index in [2.05, 4.69) is 75.5 Å². The molecule has 0 aliphatic carbocycles. The Bertz CT molecular complexity index is 555. The van der Waals surface area contributed by atoms with Crippen LogP contribution in [0.25, 0.3) is 0 Å². The molecule has 0 bridgehead atoms. The smallest absolute Gasteiger partial charge is 0.119 e. The lowest BCUT2D eigenvalue weighted by Gasteiger charge is -2.24. The van der Waals surface area contributed by atoms with Crippen molar-refractivity contribution in [1.82, 2.24) is 0 Å². The van der Waals surface area contributed by atoms with E-state index in [4.69, 9.17) is 4.74 Å². The molecule has 0 spiro atoms. The zero-order valence-corrected chi connectivity index (χ0v) is 14.6. The molecule has 0 N–H and O–H groups in total. The Morgan fingerprint density at radius 2 is 1.38 bits per heavy atom. The average molecular weight is 299 g/mol. The highest BCUT2D eigenvalue weighted by molar-refractivity contribution is 7.00. The Kier molecular flexibility index (Phi) is 5.24. The van der Waals surface area contributed by atoms with Crippen molar-refractivity contribution in [2.45, 2.75) is 39.8 Å². The number of ether oxygens (including phenoxy) is 1. The van der Waals surface area contributed by atoms with E-state index in [-0.39, 0.29) is 0 Å². The molecule has 0 atom stereocenters. The molecule has 112 valence electrons. The molecule has 0 amide bonds. The van der Waals surface area contributed by atoms with Crippen molar-refractivity contribution in [3.05, 3.63) is 54.1 Å². The number of hydrogen-bond acceptors (Lipinski definition) is 1. The molecule has 0 saturated carbocycles. The summed E-state index contributed by atoms with van der Waals surface area (Å²) in [5.74, 6) is 0.987. The molecule has 21 heavy (non-hydrogen) atoms. The highest BCUT2D eigenvalue weighted by Gasteiger charge is 2.25. The molecule has 2 heteroatoms. The molecule has 0 heterocycles. The van der Waals surface area contributed by atoms with Gasteiger partial charge in [-0.1, -0.05) is 78.8 Å². The Balaban J connectivity index is 2.14. The summed E-state index contributed by atoms with van der Waals surface area (Å²) in [5.41, 5.74) is 1.32. The van der Waals surface area contributed by atoms with Gasteiger partial charge in [0.15, 0.2) is 0 Å². The highest BCUT2D eigenvalue weighted by atomic mass is 28.3. The third kappa shape index (κ3) is 3.98. The Labute approximate surface area is 130 Å². The fourth-order valence-electron chi connectivity index (χ4n) is 2.44. The maximum absolute atomic E-state index is 5.75. The maximum atomic E-state index is 5.75. The average Bonchev–Trinajstić information content (AvgIpc) is 2.48. The summed E-state index contributed by atoms with van der Waals surface area (Å²) in [6.07, 6.45) is 2.29. The van der Waals surface area contributed by atoms with Gasteiger partial charge < -0.3 is 4.74 Å². The van der Waals surface area contributed by atoms with Gasteiger partial charge in [-0.15, -0.1) is 0 Å². The van der Waals surface area contributed by atoms with Crippen molar-refractivity contribution in [3.8, 4) is 5.75 Å². The second-order valence-corrected chi connectivity index (χ2v) is 10.6. The van der Waals surface area contributed by atoms with E-state index >= 15 is 0 Å². The molecule has 2 aromatic carbocycles. The van der Waals surface area contributed by atoms with Crippen molar-refractivity contribution in [2.75, 3.05) is 6.61 Å². The van der Waals surface area contributed by atoms with Crippen molar-refractivity contribution in [2.24, 2.45) is 0 Å². The third-order valence-corrected chi connectivity index (χ3v) is 7.67. The summed E-state index contributed by atoms with van der Waals surface area (Å²) in [6.45, 7) is 9.95. The topological polar surface area (TPSA) is 9.23 Å². The predicted molar refractivity (Wildman–Crippen MR) is 94.8 cm³/mol. The van der Waals surface area contributed by atoms with Crippen LogP contribution in [0.5, 0.6) is 5.75 Å². The number of rotatable bonds is 6. The van der Waals surface area contributed by atoms with E-state index in [1.165, 1.54) is 22.4 Å². The second kappa shape index (κ2) is 6.95. The van der Waals surface area contributed by atoms with Crippen molar-refractivity contribution in [1.29, 1.82) is 0 Å². The highest BCUT2D eigenvalue weighted by Crippen LogP contribution is 2.12. The molecule has 0 saturated heterocycles. The second-order valence-electron chi connectivity index (χ2n) is 6.22. The summed E-state index contributed by atoms with van der Waals surface area (Å²) in [7, 11) is -1.60. The minimum absolute atomic E-state index is 0.814. The van der Waals surface area contributed by atoms with Crippen LogP contribution in [0.4, 0.5) is 0 Å². The summed E-state index contributed by atoms with van der Waals surface area (Å²) in [4.78, 5) is 0. The van der Waals surface area contributed by atoms with Crippen molar-refractivity contribution in [3.63, 3.8) is 0 Å². The quantitative estimate of drug-likeness (QED) is 0.578. The lowest BCUT2D eigenvalue weighted by Crippen LogP contribution is -2.52. The molecule has 0 aliphatic rings. The first-order chi connectivity index (χ1) is 10.0. The molecule has 2 aromatic rings. The maximum Gasteiger partial charge on any atom is 0.119 e. The van der Waals surface area contributed by atoms with E-state index < -0.39 is 8.07 Å². The zero-order valence-electron chi connectivity index (χ0n) is 13.6. The van der Waals surface area contributed by atoms with Crippen LogP contribution in [0, 0.1) is 6.92 Å². The van der Waals surface area contributed by atoms with Gasteiger partial charge in [-0.3, -0.25) is 0 Å². The van der Waals surface area contributed by atoms with Gasteiger partial charge in [0.2, 0.25) is 0 Å². The summed E-state index contributed by atoms with van der Waals surface area (Å²) in [6, 6.07) is 17.7. The van der Waals surface area contributed by atoms with Crippen LogP contribution in [0.1, 0.15) is 25.3 Å². The molecule has 0 fully saturated rings. The SMILES string of the molecule is CCCCOc1ccc([Si](C)(C)c2ccc(C)cc2)cc1. The predicted octanol–water partition coefficient (Wildman–Crippen LogP) is 4.00. The monoisotopic (exact) mass is 298 g/mol. The van der Waals surface area contributed by atoms with Crippen LogP contribution >= 0.6 is 0 Å². The molecule has 1 nitrogen and oxygen atoms in total. The van der Waals surface area contributed by atoms with E-state index in [0.717, 1.165) is 18.8 Å². The van der Waals surface area contributed by atoms with Gasteiger partial charge in [0.05, 0.1) is 6.61 Å². The molecule has 0 aromatic heterocycles. The van der Waals surface area contributed by atoms with Crippen LogP contribution in [0.3, 0.4) is 0 Å². The first-order valence-corrected chi connectivity index (χ1v) is 10.8. The van der Waals surface area contributed by atoms with Crippen molar-refractivity contribution < 1.29 is 4.74 Å². The van der Waals surface area contributed by atoms with Crippen LogP contribution < -0.4 is 15.1 Å². The Hall–Kier alpha value is -1.54. The first-order valence-electron chi connectivity index (χ1n) is 7.84. The lowest BCUT2D eigenvalue weighted by molar-refractivity contribution is 0.309. The van der Waals surface area contributed by atoms with Crippen LogP contribution in [-0.4, -0.2) is 14.7 Å². The zero-order chi connectivity index (χ0) is 15.3. The molecule has 2 rings (SSSR count). The molecule has 0 unspecified atom stereocenters. The van der Waals surface area contributed by atoms with E-state index in [1.54, 1.807) is 0 Å². The summed E-state index contributed by atoms with van der Waals surface area (Å²) >= 11 is 0. The Morgan fingerprint density at radius 3 is 1.90 bits per heavy atom. The van der Waals surface area contributed by atoms with E-state index in [1.807, 2.05) is 0 Å². The molecular formula is C19H26OSi. The van der Waals surface area contributed by atoms with Gasteiger partial charge >= 0.3 is 0 Å². The number of unbranched alkanes of at least 4 members (excludes halogenated alkanes) is 1. The number of benzene rings is 2. The van der Waals surface area contributed by atoms with E-state index in [9.17, 15) is 0 Å². The van der Waals surface area contributed by atoms with E-state index in [0.29, 0.717) is 0 Å². The van der Waals surface area contributed by atoms with Gasteiger partial charge in [-0.05, 0) is 25.5 Å². The summed E-state index contributed by atoms with van der Waals surface area (Å²) in [5, 5.41) is 2.93. The normalized spacial score (nSPS) is 11.4. The fraction of sp³-hybridized carbons (Fsp3) is 0.368. The van der Waals surface area contributed by atoms with Gasteiger partial charge in [0.1, 0.15) is 13.8 Å². The molecular weight excluding hydrogens is 272 g/mol. The largest absolute Gasteiger partial charge is 0.494 e. The first kappa shape index (κ1) is 15.8. The third-order valence-electron chi connectivity index (χ3n) is 4.12. The van der Waals surface area contributed by atoms with Crippen LogP contribution in [-0.2, 0) is 0 Å². The van der Waals surface area contributed by atoms with Gasteiger partial charge in [-0.2, -0.15) is 0 Å². The minimum atomic E-state index is -1.60. The van der Waals surface area contributed by atoms with Crippen molar-refractivity contribution >= 4 is 18.4 Å². The summed E-state index contributed by atoms with van der Waals surface area (Å²) < 4.78 is 5.75. The number of hydrogen-bond donors (Lipinski definition) is 0. The fourth-order valence-corrected chi connectivity index (χ4v) is 4.77. The van der Waals surface area contributed by atoms with Gasteiger partial charge in [0.25, 0.3) is 0 Å². The van der Waals surface area contributed by atoms with Gasteiger partial charge in [0, 0.05) is 0 Å². The molecule has 0 aliphatic heterocycles. The van der Waals surface area contributed by atoms with Crippen LogP contribution in [0.15, 0.2) is 48.5 Å². The molecule has 0 radical (unpaired) electrons. The van der Waals surface area contributed by atoms with Crippen LogP contribution in [0.2, 0.25) is 13.1 Å². The number of aryl methyl sites for hydroxylation is 1. The standard InChI is InChI=1S/C19H26OSi/c1-5-6-15-20-17-9-13-19(14-10-17)21(3,4)18-11-7-16(2)8-12-18/h7-14H,5-6,15H2,1-4H3. The Morgan fingerprint density at radius 1 is 0.857 bits per heavy atom. The lowest BCUT2D eigenvalue weighted by atomic mass is 10.2.